The fourth-order valence-corrected chi connectivity index (χ4v) is 4.76. The average Bonchev–Trinajstić information content (AvgIpc) is 2.36. The number of halogens is 2. The van der Waals surface area contributed by atoms with Crippen LogP contribution in [0.1, 0.15) is 5.56 Å². The quantitative estimate of drug-likeness (QED) is 0.903. The maximum Gasteiger partial charge on any atom is 0.137 e. The minimum Gasteiger partial charge on any atom is -0.312 e. The Morgan fingerprint density at radius 2 is 2.29 bits per heavy atom. The van der Waals surface area contributed by atoms with Crippen molar-refractivity contribution in [2.24, 2.45) is 0 Å². The van der Waals surface area contributed by atoms with Gasteiger partial charge in [-0.05, 0) is 27.6 Å². The van der Waals surface area contributed by atoms with Crippen molar-refractivity contribution in [3.05, 3.63) is 34.1 Å². The fourth-order valence-electron chi connectivity index (χ4n) is 1.71. The van der Waals surface area contributed by atoms with Crippen molar-refractivity contribution in [1.29, 1.82) is 0 Å². The molecule has 17 heavy (non-hydrogen) atoms. The third-order valence-corrected chi connectivity index (χ3v) is 6.34. The Morgan fingerprint density at radius 3 is 3.06 bits per heavy atom. The Bertz CT molecular complexity index is 370. The lowest BCUT2D eigenvalue weighted by Gasteiger charge is -2.21. The van der Waals surface area contributed by atoms with Crippen molar-refractivity contribution in [2.75, 3.05) is 23.8 Å². The molecule has 5 heteroatoms. The van der Waals surface area contributed by atoms with Crippen LogP contribution in [0.4, 0.5) is 4.39 Å². The third kappa shape index (κ3) is 4.16. The minimum absolute atomic E-state index is 0.188. The molecule has 1 atom stereocenters. The first-order valence-corrected chi connectivity index (χ1v) is 8.60. The molecule has 0 aliphatic carbocycles. The van der Waals surface area contributed by atoms with Crippen LogP contribution in [0.15, 0.2) is 22.7 Å². The summed E-state index contributed by atoms with van der Waals surface area (Å²) in [5.74, 6) is 3.56. The van der Waals surface area contributed by atoms with Crippen LogP contribution < -0.4 is 5.32 Å². The lowest BCUT2D eigenvalue weighted by molar-refractivity contribution is 0.612. The van der Waals surface area contributed by atoms with Crippen LogP contribution in [-0.2, 0) is 6.54 Å². The summed E-state index contributed by atoms with van der Waals surface area (Å²) in [6, 6.07) is 5.17. The highest BCUT2D eigenvalue weighted by Gasteiger charge is 2.13. The van der Waals surface area contributed by atoms with E-state index in [9.17, 15) is 4.39 Å². The second kappa shape index (κ2) is 7.02. The Kier molecular flexibility index (Phi) is 5.66. The van der Waals surface area contributed by atoms with E-state index in [1.807, 2.05) is 29.6 Å². The van der Waals surface area contributed by atoms with E-state index in [1.54, 1.807) is 6.07 Å². The van der Waals surface area contributed by atoms with Gasteiger partial charge in [0.05, 0.1) is 4.47 Å². The van der Waals surface area contributed by atoms with Crippen molar-refractivity contribution >= 4 is 39.5 Å². The summed E-state index contributed by atoms with van der Waals surface area (Å²) in [6.07, 6.45) is 0. The van der Waals surface area contributed by atoms with Crippen molar-refractivity contribution < 1.29 is 4.39 Å². The normalized spacial score (nSPS) is 20.5. The number of rotatable bonds is 4. The van der Waals surface area contributed by atoms with E-state index in [-0.39, 0.29) is 5.82 Å². The van der Waals surface area contributed by atoms with Crippen molar-refractivity contribution in [3.8, 4) is 0 Å². The monoisotopic (exact) mass is 335 g/mol. The number of hydrogen-bond acceptors (Lipinski definition) is 3. The lowest BCUT2D eigenvalue weighted by atomic mass is 10.2. The largest absolute Gasteiger partial charge is 0.312 e. The van der Waals surface area contributed by atoms with Crippen LogP contribution >= 0.6 is 39.5 Å². The zero-order chi connectivity index (χ0) is 12.1. The smallest absolute Gasteiger partial charge is 0.137 e. The number of hydrogen-bond donors (Lipinski definition) is 1. The van der Waals surface area contributed by atoms with Gasteiger partial charge in [0.15, 0.2) is 0 Å². The van der Waals surface area contributed by atoms with Gasteiger partial charge in [-0.2, -0.15) is 23.5 Å². The van der Waals surface area contributed by atoms with Crippen LogP contribution in [0, 0.1) is 5.82 Å². The molecule has 0 aromatic heterocycles. The van der Waals surface area contributed by atoms with Gasteiger partial charge < -0.3 is 5.32 Å². The fraction of sp³-hybridized carbons (Fsp3) is 0.500. The molecule has 1 aliphatic heterocycles. The Balaban J connectivity index is 1.79. The predicted octanol–water partition coefficient (Wildman–Crippen LogP) is 3.53. The molecule has 1 aromatic carbocycles. The van der Waals surface area contributed by atoms with E-state index < -0.39 is 0 Å². The van der Waals surface area contributed by atoms with Crippen molar-refractivity contribution in [3.63, 3.8) is 0 Å². The van der Waals surface area contributed by atoms with E-state index in [1.165, 1.54) is 23.3 Å². The molecule has 1 aromatic rings. The molecule has 0 spiro atoms. The number of nitrogens with one attached hydrogen (secondary N) is 1. The maximum absolute atomic E-state index is 13.3. The summed E-state index contributed by atoms with van der Waals surface area (Å²) >= 11 is 7.34. The zero-order valence-corrected chi connectivity index (χ0v) is 12.6. The molecular formula is C12H15BrFNS2. The van der Waals surface area contributed by atoms with Gasteiger partial charge in [0, 0.05) is 35.6 Å². The number of benzene rings is 1. The van der Waals surface area contributed by atoms with Gasteiger partial charge >= 0.3 is 0 Å². The summed E-state index contributed by atoms with van der Waals surface area (Å²) in [6.45, 7) is 1.72. The van der Waals surface area contributed by atoms with Crippen LogP contribution in [0.5, 0.6) is 0 Å². The van der Waals surface area contributed by atoms with Gasteiger partial charge in [0.2, 0.25) is 0 Å². The van der Waals surface area contributed by atoms with Gasteiger partial charge in [-0.15, -0.1) is 0 Å². The standard InChI is InChI=1S/C12H15BrFNS2/c13-12-9(2-1-3-11(12)14)6-15-7-10-8-16-4-5-17-10/h1-3,10,15H,4-8H2. The summed E-state index contributed by atoms with van der Waals surface area (Å²) in [7, 11) is 0. The molecule has 0 bridgehead atoms. The first-order chi connectivity index (χ1) is 8.27. The predicted molar refractivity (Wildman–Crippen MR) is 79.4 cm³/mol. The Labute approximate surface area is 118 Å². The average molecular weight is 336 g/mol. The second-order valence-electron chi connectivity index (χ2n) is 3.91. The topological polar surface area (TPSA) is 12.0 Å². The molecule has 0 amide bonds. The van der Waals surface area contributed by atoms with Gasteiger partial charge in [0.1, 0.15) is 5.82 Å². The summed E-state index contributed by atoms with van der Waals surface area (Å²) in [5.41, 5.74) is 0.985. The van der Waals surface area contributed by atoms with Crippen molar-refractivity contribution in [2.45, 2.75) is 11.8 Å². The van der Waals surface area contributed by atoms with E-state index >= 15 is 0 Å². The first-order valence-electron chi connectivity index (χ1n) is 5.60. The molecule has 0 radical (unpaired) electrons. The molecule has 0 saturated carbocycles. The zero-order valence-electron chi connectivity index (χ0n) is 9.42. The highest BCUT2D eigenvalue weighted by atomic mass is 79.9. The molecule has 1 N–H and O–H groups in total. The highest BCUT2D eigenvalue weighted by molar-refractivity contribution is 9.10. The van der Waals surface area contributed by atoms with E-state index in [0.717, 1.165) is 18.7 Å². The van der Waals surface area contributed by atoms with Crippen LogP contribution in [0.3, 0.4) is 0 Å². The highest BCUT2D eigenvalue weighted by Crippen LogP contribution is 2.24. The summed E-state index contributed by atoms with van der Waals surface area (Å²) in [4.78, 5) is 0. The molecule has 94 valence electrons. The van der Waals surface area contributed by atoms with Crippen molar-refractivity contribution in [1.82, 2.24) is 5.32 Å². The van der Waals surface area contributed by atoms with Gasteiger partial charge in [-0.1, -0.05) is 12.1 Å². The molecule has 2 rings (SSSR count). The summed E-state index contributed by atoms with van der Waals surface area (Å²) < 4.78 is 13.9. The van der Waals surface area contributed by atoms with Crippen LogP contribution in [-0.4, -0.2) is 29.1 Å². The number of thioether (sulfide) groups is 2. The molecule has 1 aliphatic rings. The lowest BCUT2D eigenvalue weighted by Crippen LogP contribution is -2.28. The minimum atomic E-state index is -0.188. The van der Waals surface area contributed by atoms with E-state index in [0.29, 0.717) is 9.72 Å². The molecular weight excluding hydrogens is 321 g/mol. The molecule has 1 nitrogen and oxygen atoms in total. The molecule has 1 saturated heterocycles. The van der Waals surface area contributed by atoms with Crippen LogP contribution in [0.25, 0.3) is 0 Å². The summed E-state index contributed by atoms with van der Waals surface area (Å²) in [5, 5.41) is 4.10. The molecule has 1 unspecified atom stereocenters. The van der Waals surface area contributed by atoms with Gasteiger partial charge in [-0.25, -0.2) is 4.39 Å². The molecule has 1 heterocycles. The van der Waals surface area contributed by atoms with E-state index in [4.69, 9.17) is 0 Å². The van der Waals surface area contributed by atoms with E-state index in [2.05, 4.69) is 21.2 Å². The third-order valence-electron chi connectivity index (χ3n) is 2.60. The SMILES string of the molecule is Fc1cccc(CNCC2CSCCS2)c1Br. The maximum atomic E-state index is 13.3. The van der Waals surface area contributed by atoms with Gasteiger partial charge in [-0.3, -0.25) is 0 Å². The Hall–Kier alpha value is 0.290. The van der Waals surface area contributed by atoms with Crippen LogP contribution in [0.2, 0.25) is 0 Å². The molecule has 1 fully saturated rings. The first kappa shape index (κ1) is 13.7. The Morgan fingerprint density at radius 1 is 1.41 bits per heavy atom. The van der Waals surface area contributed by atoms with Gasteiger partial charge in [0.25, 0.3) is 0 Å². The second-order valence-corrected chi connectivity index (χ2v) is 7.26.